The summed E-state index contributed by atoms with van der Waals surface area (Å²) in [5.41, 5.74) is 0.312. The van der Waals surface area contributed by atoms with E-state index in [0.29, 0.717) is 0 Å². The number of amides is 1. The van der Waals surface area contributed by atoms with E-state index in [1.54, 1.807) is 26.8 Å². The molecule has 0 spiro atoms. The van der Waals surface area contributed by atoms with E-state index in [9.17, 15) is 9.59 Å². The van der Waals surface area contributed by atoms with Crippen LogP contribution in [0.4, 0.5) is 4.79 Å². The highest BCUT2D eigenvalue weighted by atomic mass is 16.6. The normalized spacial score (nSPS) is 12.9. The molecule has 0 aliphatic carbocycles. The van der Waals surface area contributed by atoms with E-state index in [1.807, 2.05) is 36.4 Å². The summed E-state index contributed by atoms with van der Waals surface area (Å²) in [6, 6.07) is 8.50. The molecule has 2 N–H and O–H groups in total. The minimum absolute atomic E-state index is 0.184. The van der Waals surface area contributed by atoms with Gasteiger partial charge >= 0.3 is 12.1 Å². The third-order valence-electron chi connectivity index (χ3n) is 2.47. The molecule has 0 heterocycles. The van der Waals surface area contributed by atoms with Crippen LogP contribution in [0.25, 0.3) is 6.08 Å². The molecule has 0 saturated heterocycles. The van der Waals surface area contributed by atoms with Crippen molar-refractivity contribution in [2.24, 2.45) is 0 Å². The summed E-state index contributed by atoms with van der Waals surface area (Å²) in [5.74, 6) is -1.10. The van der Waals surface area contributed by atoms with Crippen LogP contribution in [0.1, 0.15) is 32.8 Å². The van der Waals surface area contributed by atoms with Gasteiger partial charge < -0.3 is 15.2 Å². The Morgan fingerprint density at radius 2 is 1.90 bits per heavy atom. The Hall–Kier alpha value is -2.30. The van der Waals surface area contributed by atoms with Gasteiger partial charge in [-0.25, -0.2) is 9.59 Å². The lowest BCUT2D eigenvalue weighted by atomic mass is 10.1. The van der Waals surface area contributed by atoms with E-state index >= 15 is 0 Å². The van der Waals surface area contributed by atoms with Crippen LogP contribution >= 0.6 is 0 Å². The van der Waals surface area contributed by atoms with Gasteiger partial charge in [0.15, 0.2) is 0 Å². The van der Waals surface area contributed by atoms with Gasteiger partial charge in [-0.2, -0.15) is 0 Å². The minimum atomic E-state index is -1.10. The van der Waals surface area contributed by atoms with Gasteiger partial charge in [0.1, 0.15) is 11.6 Å². The molecule has 1 atom stereocenters. The molecule has 5 nitrogen and oxygen atoms in total. The van der Waals surface area contributed by atoms with Crippen LogP contribution in [0.3, 0.4) is 0 Å². The minimum Gasteiger partial charge on any atom is -0.480 e. The fourth-order valence-corrected chi connectivity index (χ4v) is 1.58. The molecule has 0 aliphatic rings. The Kier molecular flexibility index (Phi) is 5.96. The second-order valence-electron chi connectivity index (χ2n) is 5.59. The fraction of sp³-hybridized carbons (Fsp3) is 0.375. The molecular formula is C16H21NO4. The number of carbonyl (C=O) groups excluding carboxylic acids is 1. The van der Waals surface area contributed by atoms with Gasteiger partial charge in [0.2, 0.25) is 0 Å². The van der Waals surface area contributed by atoms with Crippen LogP contribution in [0.5, 0.6) is 0 Å². The number of carboxylic acid groups (broad SMARTS) is 1. The molecule has 0 saturated carbocycles. The maximum atomic E-state index is 11.6. The molecule has 0 unspecified atom stereocenters. The van der Waals surface area contributed by atoms with E-state index < -0.39 is 23.7 Å². The van der Waals surface area contributed by atoms with Crippen molar-refractivity contribution < 1.29 is 19.4 Å². The highest BCUT2D eigenvalue weighted by Gasteiger charge is 2.22. The van der Waals surface area contributed by atoms with Crippen LogP contribution in [-0.2, 0) is 9.53 Å². The first kappa shape index (κ1) is 16.8. The van der Waals surface area contributed by atoms with Gasteiger partial charge in [-0.1, -0.05) is 42.5 Å². The molecule has 114 valence electrons. The second kappa shape index (κ2) is 7.47. The summed E-state index contributed by atoms with van der Waals surface area (Å²) in [7, 11) is 0. The van der Waals surface area contributed by atoms with Crippen LogP contribution in [0, 0.1) is 0 Å². The van der Waals surface area contributed by atoms with Gasteiger partial charge in [0.25, 0.3) is 0 Å². The molecule has 0 fully saturated rings. The summed E-state index contributed by atoms with van der Waals surface area (Å²) < 4.78 is 5.05. The molecule has 0 aliphatic heterocycles. The van der Waals surface area contributed by atoms with E-state index in [0.717, 1.165) is 5.56 Å². The van der Waals surface area contributed by atoms with Crippen molar-refractivity contribution in [3.8, 4) is 0 Å². The Morgan fingerprint density at radius 1 is 1.29 bits per heavy atom. The third-order valence-corrected chi connectivity index (χ3v) is 2.47. The third kappa shape index (κ3) is 7.15. The van der Waals surface area contributed by atoms with Gasteiger partial charge in [0.05, 0.1) is 0 Å². The van der Waals surface area contributed by atoms with E-state index in [4.69, 9.17) is 9.84 Å². The fourth-order valence-electron chi connectivity index (χ4n) is 1.58. The Morgan fingerprint density at radius 3 is 2.43 bits per heavy atom. The molecular weight excluding hydrogens is 270 g/mol. The summed E-state index contributed by atoms with van der Waals surface area (Å²) in [5, 5.41) is 11.5. The number of carbonyl (C=O) groups is 2. The van der Waals surface area contributed by atoms with Crippen LogP contribution in [0.2, 0.25) is 0 Å². The first-order valence-corrected chi connectivity index (χ1v) is 6.72. The average Bonchev–Trinajstić information content (AvgIpc) is 2.36. The van der Waals surface area contributed by atoms with E-state index in [1.165, 1.54) is 0 Å². The Bertz CT molecular complexity index is 503. The molecule has 0 aromatic heterocycles. The molecule has 5 heteroatoms. The zero-order chi connectivity index (χ0) is 15.9. The topological polar surface area (TPSA) is 75.6 Å². The monoisotopic (exact) mass is 291 g/mol. The van der Waals surface area contributed by atoms with Crippen LogP contribution in [0.15, 0.2) is 36.4 Å². The number of alkyl carbamates (subject to hydrolysis) is 1. The number of carboxylic acids is 1. The molecule has 1 aromatic carbocycles. The van der Waals surface area contributed by atoms with Gasteiger partial charge in [-0.3, -0.25) is 0 Å². The first-order valence-electron chi connectivity index (χ1n) is 6.72. The number of nitrogens with one attached hydrogen (secondary N) is 1. The lowest BCUT2D eigenvalue weighted by Gasteiger charge is -2.21. The molecule has 0 radical (unpaired) electrons. The number of ether oxygens (including phenoxy) is 1. The number of benzene rings is 1. The van der Waals surface area contributed by atoms with Crippen molar-refractivity contribution in [2.75, 3.05) is 0 Å². The Balaban J connectivity index is 2.56. The van der Waals surface area contributed by atoms with E-state index in [-0.39, 0.29) is 6.42 Å². The highest BCUT2D eigenvalue weighted by molar-refractivity contribution is 5.80. The largest absolute Gasteiger partial charge is 0.480 e. The number of hydrogen-bond acceptors (Lipinski definition) is 3. The summed E-state index contributed by atoms with van der Waals surface area (Å²) in [4.78, 5) is 22.7. The zero-order valence-electron chi connectivity index (χ0n) is 12.5. The molecule has 1 aromatic rings. The molecule has 21 heavy (non-hydrogen) atoms. The quantitative estimate of drug-likeness (QED) is 0.874. The van der Waals surface area contributed by atoms with Crippen molar-refractivity contribution in [1.29, 1.82) is 0 Å². The lowest BCUT2D eigenvalue weighted by molar-refractivity contribution is -0.139. The predicted molar refractivity (Wildman–Crippen MR) is 80.9 cm³/mol. The van der Waals surface area contributed by atoms with E-state index in [2.05, 4.69) is 5.32 Å². The summed E-state index contributed by atoms with van der Waals surface area (Å²) >= 11 is 0. The Labute approximate surface area is 124 Å². The van der Waals surface area contributed by atoms with Crippen LogP contribution < -0.4 is 5.32 Å². The number of hydrogen-bond donors (Lipinski definition) is 2. The second-order valence-corrected chi connectivity index (χ2v) is 5.59. The smallest absolute Gasteiger partial charge is 0.408 e. The first-order chi connectivity index (χ1) is 9.78. The van der Waals surface area contributed by atoms with Gasteiger partial charge in [0, 0.05) is 0 Å². The van der Waals surface area contributed by atoms with Gasteiger partial charge in [-0.15, -0.1) is 0 Å². The van der Waals surface area contributed by atoms with Crippen LogP contribution in [-0.4, -0.2) is 28.8 Å². The van der Waals surface area contributed by atoms with Crippen molar-refractivity contribution >= 4 is 18.1 Å². The highest BCUT2D eigenvalue weighted by Crippen LogP contribution is 2.08. The van der Waals surface area contributed by atoms with Gasteiger partial charge in [-0.05, 0) is 32.8 Å². The van der Waals surface area contributed by atoms with Crippen molar-refractivity contribution in [3.05, 3.63) is 42.0 Å². The zero-order valence-corrected chi connectivity index (χ0v) is 12.5. The predicted octanol–water partition coefficient (Wildman–Crippen LogP) is 3.07. The maximum Gasteiger partial charge on any atom is 0.408 e. The SMILES string of the molecule is CC(C)(C)OC(=O)N[C@@H](C/C=C/c1ccccc1)C(=O)O. The van der Waals surface area contributed by atoms with Crippen molar-refractivity contribution in [3.63, 3.8) is 0 Å². The lowest BCUT2D eigenvalue weighted by Crippen LogP contribution is -2.43. The molecule has 0 bridgehead atoms. The standard InChI is InChI=1S/C16H21NO4/c1-16(2,3)21-15(20)17-13(14(18)19)11-7-10-12-8-5-4-6-9-12/h4-10,13H,11H2,1-3H3,(H,17,20)(H,18,19)/b10-7+/t13-/m0/s1. The number of aliphatic carboxylic acids is 1. The summed E-state index contributed by atoms with van der Waals surface area (Å²) in [6.45, 7) is 5.16. The average molecular weight is 291 g/mol. The molecule has 1 rings (SSSR count). The molecule has 1 amide bonds. The maximum absolute atomic E-state index is 11.6. The van der Waals surface area contributed by atoms with Crippen molar-refractivity contribution in [2.45, 2.75) is 38.8 Å². The number of rotatable bonds is 5. The van der Waals surface area contributed by atoms with Crippen molar-refractivity contribution in [1.82, 2.24) is 5.32 Å². The summed E-state index contributed by atoms with van der Waals surface area (Å²) in [6.07, 6.45) is 2.98.